The molecule has 1 amide bonds. The summed E-state index contributed by atoms with van der Waals surface area (Å²) in [5, 5.41) is 23.2. The summed E-state index contributed by atoms with van der Waals surface area (Å²) in [7, 11) is 0. The first-order chi connectivity index (χ1) is 17.7. The van der Waals surface area contributed by atoms with Crippen molar-refractivity contribution in [2.24, 2.45) is 0 Å². The van der Waals surface area contributed by atoms with Gasteiger partial charge in [0.1, 0.15) is 11.7 Å². The second kappa shape index (κ2) is 9.04. The fourth-order valence-corrected chi connectivity index (χ4v) is 4.20. The van der Waals surface area contributed by atoms with E-state index in [1.165, 1.54) is 18.2 Å². The van der Waals surface area contributed by atoms with Crippen LogP contribution in [0.2, 0.25) is 0 Å². The Kier molecular flexibility index (Phi) is 5.72. The molecule has 11 nitrogen and oxygen atoms in total. The van der Waals surface area contributed by atoms with Crippen molar-refractivity contribution in [1.82, 2.24) is 19.9 Å². The molecule has 5 aromatic rings. The maximum absolute atomic E-state index is 12.9. The molecule has 2 heterocycles. The average Bonchev–Trinajstić information content (AvgIpc) is 3.22. The highest BCUT2D eigenvalue weighted by atomic mass is 16.4. The number of carboxylic acids is 1. The maximum Gasteiger partial charge on any atom is 0.333 e. The molecule has 0 bridgehead atoms. The summed E-state index contributed by atoms with van der Waals surface area (Å²) in [5.74, 6) is -2.31. The molecule has 0 aliphatic heterocycles. The number of fused-ring (bicyclic) bond motifs is 2. The highest BCUT2D eigenvalue weighted by Gasteiger charge is 2.24. The number of H-pyrrole nitrogens is 2. The van der Waals surface area contributed by atoms with Gasteiger partial charge in [-0.05, 0) is 48.0 Å². The lowest BCUT2D eigenvalue weighted by Crippen LogP contribution is -2.42. The van der Waals surface area contributed by atoms with E-state index in [0.29, 0.717) is 27.7 Å². The number of hydrogen-bond acceptors (Lipinski definition) is 6. The van der Waals surface area contributed by atoms with Gasteiger partial charge in [-0.3, -0.25) is 9.59 Å². The van der Waals surface area contributed by atoms with Crippen LogP contribution < -0.4 is 22.3 Å². The topological polar surface area (TPSA) is 183 Å². The van der Waals surface area contributed by atoms with Gasteiger partial charge in [0.2, 0.25) is 0 Å². The largest absolute Gasteiger partial charge is 0.505 e. The number of nitrogens with zero attached hydrogens (tertiary/aromatic N) is 1. The molecule has 0 saturated heterocycles. The Morgan fingerprint density at radius 3 is 2.35 bits per heavy atom. The number of rotatable bonds is 6. The molecule has 0 spiro atoms. The molecule has 5 rings (SSSR count). The van der Waals surface area contributed by atoms with Crippen molar-refractivity contribution in [3.05, 3.63) is 98.8 Å². The van der Waals surface area contributed by atoms with Crippen molar-refractivity contribution < 1.29 is 19.8 Å². The number of anilines is 1. The van der Waals surface area contributed by atoms with Crippen molar-refractivity contribution in [2.45, 2.75) is 12.5 Å². The fourth-order valence-electron chi connectivity index (χ4n) is 4.20. The van der Waals surface area contributed by atoms with Gasteiger partial charge in [-0.2, -0.15) is 0 Å². The molecule has 7 N–H and O–H groups in total. The van der Waals surface area contributed by atoms with Gasteiger partial charge in [0.15, 0.2) is 5.75 Å². The lowest BCUT2D eigenvalue weighted by molar-refractivity contribution is -0.139. The number of hydrogen-bond donors (Lipinski definition) is 6. The molecular formula is C26H21N5O6. The Labute approximate surface area is 207 Å². The van der Waals surface area contributed by atoms with Crippen molar-refractivity contribution in [3.8, 4) is 11.4 Å². The zero-order valence-corrected chi connectivity index (χ0v) is 19.2. The summed E-state index contributed by atoms with van der Waals surface area (Å²) in [6.45, 7) is 0. The van der Waals surface area contributed by atoms with E-state index in [1.807, 2.05) is 0 Å². The number of amides is 1. The smallest absolute Gasteiger partial charge is 0.333 e. The maximum atomic E-state index is 12.9. The molecule has 0 radical (unpaired) electrons. The van der Waals surface area contributed by atoms with E-state index in [1.54, 1.807) is 48.5 Å². The lowest BCUT2D eigenvalue weighted by Gasteiger charge is -2.15. The molecule has 37 heavy (non-hydrogen) atoms. The molecule has 2 aromatic heterocycles. The highest BCUT2D eigenvalue weighted by molar-refractivity contribution is 6.04. The SMILES string of the molecule is Nc1ccc2[nH]c(=O)n(-c3ccc(CC(NC(=O)c4[nH]c5ccccc5c4O)C(=O)O)cc3)c(=O)c2c1. The minimum atomic E-state index is -1.31. The third-order valence-electron chi connectivity index (χ3n) is 6.07. The molecule has 186 valence electrons. The number of nitrogen functional groups attached to an aromatic ring is 1. The second-order valence-corrected chi connectivity index (χ2v) is 8.50. The monoisotopic (exact) mass is 499 g/mol. The normalized spacial score (nSPS) is 12.0. The van der Waals surface area contributed by atoms with Crippen LogP contribution >= 0.6 is 0 Å². The molecule has 3 aromatic carbocycles. The van der Waals surface area contributed by atoms with Crippen LogP contribution in [0, 0.1) is 0 Å². The van der Waals surface area contributed by atoms with Crippen molar-refractivity contribution >= 4 is 39.4 Å². The Balaban J connectivity index is 1.39. The number of aliphatic carboxylic acids is 1. The van der Waals surface area contributed by atoms with E-state index in [2.05, 4.69) is 15.3 Å². The standard InChI is InChI=1S/C26H21N5O6/c27-14-7-10-19-17(12-14)24(34)31(26(37)30-19)15-8-5-13(6-9-15)11-20(25(35)36)29-23(33)21-22(32)16-3-1-2-4-18(16)28-21/h1-10,12,20,28,32H,11,27H2,(H,29,33)(H,30,37)(H,35,36). The predicted molar refractivity (Wildman–Crippen MR) is 137 cm³/mol. The van der Waals surface area contributed by atoms with Crippen LogP contribution in [0.4, 0.5) is 5.69 Å². The van der Waals surface area contributed by atoms with Gasteiger partial charge in [-0.15, -0.1) is 0 Å². The Morgan fingerprint density at radius 2 is 1.65 bits per heavy atom. The lowest BCUT2D eigenvalue weighted by atomic mass is 10.1. The summed E-state index contributed by atoms with van der Waals surface area (Å²) in [6.07, 6.45) is -0.0815. The van der Waals surface area contributed by atoms with E-state index < -0.39 is 29.2 Å². The van der Waals surface area contributed by atoms with E-state index in [-0.39, 0.29) is 28.9 Å². The third-order valence-corrected chi connectivity index (χ3v) is 6.07. The van der Waals surface area contributed by atoms with Crippen LogP contribution in [0.3, 0.4) is 0 Å². The summed E-state index contributed by atoms with van der Waals surface area (Å²) in [6, 6.07) is 16.2. The molecule has 11 heteroatoms. The number of aromatic nitrogens is 3. The number of carbonyl (C=O) groups excluding carboxylic acids is 1. The van der Waals surface area contributed by atoms with Gasteiger partial charge in [0.25, 0.3) is 11.5 Å². The summed E-state index contributed by atoms with van der Waals surface area (Å²) in [5.41, 5.74) is 6.53. The van der Waals surface area contributed by atoms with Crippen molar-refractivity contribution in [1.29, 1.82) is 0 Å². The molecule has 0 aliphatic carbocycles. The molecule has 0 fully saturated rings. The van der Waals surface area contributed by atoms with Gasteiger partial charge in [-0.1, -0.05) is 24.3 Å². The van der Waals surface area contributed by atoms with Crippen LogP contribution in [-0.4, -0.2) is 42.7 Å². The van der Waals surface area contributed by atoms with Gasteiger partial charge >= 0.3 is 11.7 Å². The van der Waals surface area contributed by atoms with Crippen LogP contribution in [0.5, 0.6) is 5.75 Å². The number of nitrogens with two attached hydrogens (primary N) is 1. The van der Waals surface area contributed by atoms with E-state index in [4.69, 9.17) is 5.73 Å². The molecule has 0 aliphatic rings. The van der Waals surface area contributed by atoms with Gasteiger partial charge in [-0.25, -0.2) is 14.2 Å². The number of nitrogens with one attached hydrogen (secondary N) is 3. The van der Waals surface area contributed by atoms with Gasteiger partial charge in [0.05, 0.1) is 16.6 Å². The van der Waals surface area contributed by atoms with E-state index in [0.717, 1.165) is 4.57 Å². The molecular weight excluding hydrogens is 478 g/mol. The zero-order valence-electron chi connectivity index (χ0n) is 19.2. The molecule has 0 saturated carbocycles. The van der Waals surface area contributed by atoms with Gasteiger partial charge < -0.3 is 31.2 Å². The average molecular weight is 499 g/mol. The number of benzene rings is 3. The molecule has 1 unspecified atom stereocenters. The molecule has 1 atom stereocenters. The minimum Gasteiger partial charge on any atom is -0.505 e. The van der Waals surface area contributed by atoms with Crippen molar-refractivity contribution in [2.75, 3.05) is 5.73 Å². The first-order valence-electron chi connectivity index (χ1n) is 11.2. The third kappa shape index (κ3) is 4.29. The summed E-state index contributed by atoms with van der Waals surface area (Å²) in [4.78, 5) is 55.5. The van der Waals surface area contributed by atoms with E-state index >= 15 is 0 Å². The first-order valence-corrected chi connectivity index (χ1v) is 11.2. The summed E-state index contributed by atoms with van der Waals surface area (Å²) >= 11 is 0. The minimum absolute atomic E-state index is 0.0815. The number of aromatic amines is 2. The summed E-state index contributed by atoms with van der Waals surface area (Å²) < 4.78 is 0.959. The van der Waals surface area contributed by atoms with Gasteiger partial charge in [0, 0.05) is 23.0 Å². The fraction of sp³-hybridized carbons (Fsp3) is 0.0769. The Morgan fingerprint density at radius 1 is 0.946 bits per heavy atom. The van der Waals surface area contributed by atoms with Crippen LogP contribution in [-0.2, 0) is 11.2 Å². The predicted octanol–water partition coefficient (Wildman–Crippen LogP) is 1.87. The quantitative estimate of drug-likeness (QED) is 0.193. The Bertz CT molecular complexity index is 1800. The Hall–Kier alpha value is -5.32. The van der Waals surface area contributed by atoms with E-state index in [9.17, 15) is 29.4 Å². The van der Waals surface area contributed by atoms with Crippen molar-refractivity contribution in [3.63, 3.8) is 0 Å². The van der Waals surface area contributed by atoms with Crippen LogP contribution in [0.15, 0.2) is 76.3 Å². The number of para-hydroxylation sites is 1. The van der Waals surface area contributed by atoms with Crippen LogP contribution in [0.1, 0.15) is 16.1 Å². The number of carboxylic acid groups (broad SMARTS) is 1. The second-order valence-electron chi connectivity index (χ2n) is 8.50. The number of aromatic hydroxyl groups is 1. The first kappa shape index (κ1) is 23.4. The highest BCUT2D eigenvalue weighted by Crippen LogP contribution is 2.28. The van der Waals surface area contributed by atoms with Crippen LogP contribution in [0.25, 0.3) is 27.5 Å². The number of carbonyl (C=O) groups is 2. The zero-order chi connectivity index (χ0) is 26.3.